The minimum atomic E-state index is -0.263. The van der Waals surface area contributed by atoms with Crippen LogP contribution < -0.4 is 0 Å². The first-order chi connectivity index (χ1) is 15.1. The van der Waals surface area contributed by atoms with E-state index >= 15 is 0 Å². The quantitative estimate of drug-likeness (QED) is 0.343. The highest BCUT2D eigenvalue weighted by Crippen LogP contribution is 2.31. The first kappa shape index (κ1) is 18.7. The normalized spacial score (nSPS) is 10.0. The Morgan fingerprint density at radius 2 is 0.806 bits per heavy atom. The summed E-state index contributed by atoms with van der Waals surface area (Å²) in [7, 11) is 0. The van der Waals surface area contributed by atoms with Gasteiger partial charge in [0.15, 0.2) is 28.5 Å². The number of benzene rings is 1. The molecule has 12 heteroatoms. The highest BCUT2D eigenvalue weighted by Gasteiger charge is 2.22. The molecule has 4 rings (SSSR count). The maximum Gasteiger partial charge on any atom is 0.177 e. The number of hydrogen-bond donors (Lipinski definition) is 0. The predicted octanol–water partition coefficient (Wildman–Crippen LogP) is 1.08. The molecule has 0 aliphatic rings. The Morgan fingerprint density at radius 3 is 1.10 bits per heavy atom. The van der Waals surface area contributed by atoms with E-state index in [1.54, 1.807) is 24.3 Å². The molecule has 0 aliphatic heterocycles. The summed E-state index contributed by atoms with van der Waals surface area (Å²) in [5.41, 5.74) is -0.475. The molecular weight excluding hydrogens is 396 g/mol. The summed E-state index contributed by atoms with van der Waals surface area (Å²) in [5, 5.41) is 46.8. The summed E-state index contributed by atoms with van der Waals surface area (Å²) in [6.45, 7) is 3.38. The van der Waals surface area contributed by atoms with E-state index in [9.17, 15) is 26.3 Å². The molecule has 0 saturated carbocycles. The minimum Gasteiger partial charge on any atom is -0.294 e. The summed E-state index contributed by atoms with van der Waals surface area (Å²) < 4.78 is 0. The second-order valence-electron chi connectivity index (χ2n) is 5.89. The zero-order valence-electron chi connectivity index (χ0n) is 15.3. The van der Waals surface area contributed by atoms with Gasteiger partial charge in [0.25, 0.3) is 0 Å². The van der Waals surface area contributed by atoms with E-state index in [1.165, 1.54) is 0 Å². The molecule has 0 atom stereocenters. The molecule has 0 unspecified atom stereocenters. The Morgan fingerprint density at radius 1 is 0.516 bits per heavy atom. The molecule has 140 valence electrons. The third kappa shape index (κ3) is 2.68. The fourth-order valence-corrected chi connectivity index (χ4v) is 2.95. The van der Waals surface area contributed by atoms with Crippen molar-refractivity contribution in [2.75, 3.05) is 0 Å². The van der Waals surface area contributed by atoms with E-state index in [4.69, 9.17) is 0 Å². The third-order valence-electron chi connectivity index (χ3n) is 4.22. The van der Waals surface area contributed by atoms with Gasteiger partial charge in [0, 0.05) is 0 Å². The molecule has 0 bridgehead atoms. The SMILES string of the molecule is C=NCc1nc2c3nc(C#N)c(C#N)nc3c3nc(C#N)c(C#N)nc3c2nc1C#N. The highest BCUT2D eigenvalue weighted by atomic mass is 14.9. The van der Waals surface area contributed by atoms with E-state index < -0.39 is 0 Å². The van der Waals surface area contributed by atoms with Crippen molar-refractivity contribution in [3.8, 4) is 30.3 Å². The lowest BCUT2D eigenvalue weighted by Crippen LogP contribution is -2.06. The van der Waals surface area contributed by atoms with E-state index in [-0.39, 0.29) is 73.8 Å². The molecule has 0 fully saturated rings. The summed E-state index contributed by atoms with van der Waals surface area (Å²) in [6, 6.07) is 9.08. The molecule has 12 nitrogen and oxygen atoms in total. The van der Waals surface area contributed by atoms with Crippen LogP contribution in [-0.4, -0.2) is 36.6 Å². The average molecular weight is 400 g/mol. The monoisotopic (exact) mass is 400 g/mol. The predicted molar refractivity (Wildman–Crippen MR) is 103 cm³/mol. The van der Waals surface area contributed by atoms with Crippen molar-refractivity contribution >= 4 is 39.8 Å². The van der Waals surface area contributed by atoms with Gasteiger partial charge in [0.1, 0.15) is 63.4 Å². The van der Waals surface area contributed by atoms with Crippen LogP contribution in [0, 0.1) is 56.7 Å². The standard InChI is InChI=1S/C19H4N12/c1-25-7-13-12(6-24)30-18-16-14(26-8(2-20)9(3-21)28-16)15-17(19(18)31-13)29-11(5-23)10(4-22)27-15/h1,7H2. The van der Waals surface area contributed by atoms with Gasteiger partial charge in [-0.15, -0.1) is 0 Å². The van der Waals surface area contributed by atoms with E-state index in [1.807, 2.05) is 6.07 Å². The summed E-state index contributed by atoms with van der Waals surface area (Å²) in [4.78, 5) is 29.2. The average Bonchev–Trinajstić information content (AvgIpc) is 2.82. The van der Waals surface area contributed by atoms with Crippen molar-refractivity contribution in [3.05, 3.63) is 34.2 Å². The number of hydrogen-bond acceptors (Lipinski definition) is 12. The number of nitriles is 5. The maximum absolute atomic E-state index is 9.47. The van der Waals surface area contributed by atoms with Gasteiger partial charge in [-0.2, -0.15) is 26.3 Å². The first-order valence-electron chi connectivity index (χ1n) is 8.29. The van der Waals surface area contributed by atoms with Gasteiger partial charge < -0.3 is 0 Å². The van der Waals surface area contributed by atoms with Crippen molar-refractivity contribution in [1.82, 2.24) is 29.9 Å². The zero-order chi connectivity index (χ0) is 22.1. The van der Waals surface area contributed by atoms with Crippen molar-refractivity contribution in [3.63, 3.8) is 0 Å². The van der Waals surface area contributed by atoms with Crippen LogP contribution in [0.1, 0.15) is 34.2 Å². The van der Waals surface area contributed by atoms with Gasteiger partial charge in [-0.25, -0.2) is 29.9 Å². The number of rotatable bonds is 2. The van der Waals surface area contributed by atoms with Gasteiger partial charge >= 0.3 is 0 Å². The van der Waals surface area contributed by atoms with Crippen LogP contribution in [0.15, 0.2) is 4.99 Å². The smallest absolute Gasteiger partial charge is 0.177 e. The topological polar surface area (TPSA) is 209 Å². The summed E-state index contributed by atoms with van der Waals surface area (Å²) in [6.07, 6.45) is 0. The van der Waals surface area contributed by atoms with Crippen molar-refractivity contribution < 1.29 is 0 Å². The van der Waals surface area contributed by atoms with Crippen LogP contribution in [0.2, 0.25) is 0 Å². The molecule has 0 amide bonds. The molecular formula is C19H4N12. The fourth-order valence-electron chi connectivity index (χ4n) is 2.95. The maximum atomic E-state index is 9.47. The Labute approximate surface area is 172 Å². The molecule has 31 heavy (non-hydrogen) atoms. The van der Waals surface area contributed by atoms with Crippen LogP contribution >= 0.6 is 0 Å². The number of aliphatic imine (C=N–C) groups is 1. The second kappa shape index (κ2) is 7.07. The van der Waals surface area contributed by atoms with E-state index in [2.05, 4.69) is 41.6 Å². The lowest BCUT2D eigenvalue weighted by Gasteiger charge is -2.10. The van der Waals surface area contributed by atoms with Crippen LogP contribution in [-0.2, 0) is 6.54 Å². The second-order valence-corrected chi connectivity index (χ2v) is 5.89. The number of aromatic nitrogens is 6. The van der Waals surface area contributed by atoms with Crippen LogP contribution in [0.3, 0.4) is 0 Å². The van der Waals surface area contributed by atoms with Crippen LogP contribution in [0.25, 0.3) is 33.1 Å². The third-order valence-corrected chi connectivity index (χ3v) is 4.22. The van der Waals surface area contributed by atoms with Crippen molar-refractivity contribution in [1.29, 1.82) is 26.3 Å². The number of nitrogens with zero attached hydrogens (tertiary/aromatic N) is 12. The number of fused-ring (bicyclic) bond motifs is 6. The minimum absolute atomic E-state index is 0.0112. The van der Waals surface area contributed by atoms with Gasteiger partial charge in [0.2, 0.25) is 0 Å². The van der Waals surface area contributed by atoms with Crippen LogP contribution in [0.5, 0.6) is 0 Å². The lowest BCUT2D eigenvalue weighted by atomic mass is 10.1. The summed E-state index contributed by atoms with van der Waals surface area (Å²) >= 11 is 0. The molecule has 0 N–H and O–H groups in total. The van der Waals surface area contributed by atoms with Gasteiger partial charge in [-0.3, -0.25) is 4.99 Å². The molecule has 1 aromatic carbocycles. The molecule has 3 heterocycles. The fraction of sp³-hybridized carbons (Fsp3) is 0.0526. The Balaban J connectivity index is 2.38. The van der Waals surface area contributed by atoms with E-state index in [0.717, 1.165) is 0 Å². The first-order valence-corrected chi connectivity index (χ1v) is 8.29. The summed E-state index contributed by atoms with van der Waals surface area (Å²) in [5.74, 6) is 0. The largest absolute Gasteiger partial charge is 0.294 e. The Hall–Kier alpha value is -5.64. The highest BCUT2D eigenvalue weighted by molar-refractivity contribution is 6.18. The van der Waals surface area contributed by atoms with Gasteiger partial charge in [0.05, 0.1) is 12.2 Å². The molecule has 0 aliphatic carbocycles. The lowest BCUT2D eigenvalue weighted by molar-refractivity contribution is 0.983. The van der Waals surface area contributed by atoms with Gasteiger partial charge in [-0.05, 0) is 6.72 Å². The molecule has 0 saturated heterocycles. The molecule has 0 radical (unpaired) electrons. The Bertz CT molecular complexity index is 1630. The Kier molecular flexibility index (Phi) is 4.27. The zero-order valence-corrected chi connectivity index (χ0v) is 15.3. The molecule has 4 aromatic rings. The van der Waals surface area contributed by atoms with Crippen molar-refractivity contribution in [2.45, 2.75) is 6.54 Å². The molecule has 3 aromatic heterocycles. The van der Waals surface area contributed by atoms with Crippen LogP contribution in [0.4, 0.5) is 0 Å². The van der Waals surface area contributed by atoms with E-state index in [0.29, 0.717) is 0 Å². The van der Waals surface area contributed by atoms with Gasteiger partial charge in [-0.1, -0.05) is 0 Å². The van der Waals surface area contributed by atoms with Crippen molar-refractivity contribution in [2.24, 2.45) is 4.99 Å². The molecule has 0 spiro atoms.